The van der Waals surface area contributed by atoms with Crippen LogP contribution in [-0.2, 0) is 4.79 Å². The number of allylic oxidation sites excluding steroid dienone is 1. The Morgan fingerprint density at radius 1 is 0.759 bits per heavy atom. The summed E-state index contributed by atoms with van der Waals surface area (Å²) in [5, 5.41) is 4.04. The van der Waals surface area contributed by atoms with Crippen LogP contribution in [0.1, 0.15) is 33.6 Å². The highest BCUT2D eigenvalue weighted by Gasteiger charge is 2.43. The largest absolute Gasteiger partial charge is 0.300 e. The second-order valence-electron chi connectivity index (χ2n) is 8.36. The Labute approximate surface area is 175 Å². The molecule has 29 heavy (non-hydrogen) atoms. The van der Waals surface area contributed by atoms with Crippen molar-refractivity contribution >= 4 is 29.0 Å². The molecule has 0 aliphatic carbocycles. The van der Waals surface area contributed by atoms with Crippen LogP contribution >= 0.6 is 7.26 Å². The smallest absolute Gasteiger partial charge is 0.136 e. The Morgan fingerprint density at radius 3 is 1.48 bits per heavy atom. The summed E-state index contributed by atoms with van der Waals surface area (Å²) in [6, 6.07) is 32.5. The number of carbonyl (C=O) groups excluding carboxylic acids is 1. The van der Waals surface area contributed by atoms with Crippen molar-refractivity contribution in [3.63, 3.8) is 0 Å². The molecule has 0 amide bonds. The van der Waals surface area contributed by atoms with Crippen LogP contribution in [-0.4, -0.2) is 5.78 Å². The van der Waals surface area contributed by atoms with Gasteiger partial charge < -0.3 is 4.79 Å². The first-order valence-electron chi connectivity index (χ1n) is 10.2. The molecule has 148 valence electrons. The van der Waals surface area contributed by atoms with Gasteiger partial charge in [0, 0.05) is 6.42 Å². The van der Waals surface area contributed by atoms with Gasteiger partial charge in [-0.25, -0.2) is 0 Å². The van der Waals surface area contributed by atoms with E-state index in [4.69, 9.17) is 0 Å². The molecule has 0 bridgehead atoms. The first-order valence-corrected chi connectivity index (χ1v) is 12.0. The molecular formula is C27H30OP+. The van der Waals surface area contributed by atoms with Crippen molar-refractivity contribution in [3.8, 4) is 0 Å². The summed E-state index contributed by atoms with van der Waals surface area (Å²) in [7, 11) is -1.94. The third-order valence-corrected chi connectivity index (χ3v) is 9.21. The lowest BCUT2D eigenvalue weighted by atomic mass is 9.84. The molecule has 0 heterocycles. The topological polar surface area (TPSA) is 17.1 Å². The van der Waals surface area contributed by atoms with Crippen LogP contribution in [0, 0.1) is 5.41 Å². The van der Waals surface area contributed by atoms with Crippen molar-refractivity contribution in [2.75, 3.05) is 0 Å². The van der Waals surface area contributed by atoms with Gasteiger partial charge in [-0.15, -0.1) is 0 Å². The number of carbonyl (C=O) groups is 1. The van der Waals surface area contributed by atoms with Crippen molar-refractivity contribution < 1.29 is 4.79 Å². The molecule has 0 atom stereocenters. The molecule has 0 unspecified atom stereocenters. The highest BCUT2D eigenvalue weighted by Crippen LogP contribution is 2.57. The molecule has 1 nitrogen and oxygen atoms in total. The molecule has 0 aliphatic rings. The lowest BCUT2D eigenvalue weighted by molar-refractivity contribution is -0.118. The molecule has 3 aromatic carbocycles. The van der Waals surface area contributed by atoms with Crippen LogP contribution in [0.25, 0.3) is 0 Å². The number of hydrogen-bond acceptors (Lipinski definition) is 1. The molecule has 0 fully saturated rings. The Hall–Kier alpha value is -2.50. The quantitative estimate of drug-likeness (QED) is 0.430. The highest BCUT2D eigenvalue weighted by molar-refractivity contribution is 7.98. The van der Waals surface area contributed by atoms with E-state index in [1.54, 1.807) is 6.92 Å². The highest BCUT2D eigenvalue weighted by atomic mass is 31.2. The molecule has 0 N–H and O–H groups in total. The SMILES string of the molecule is CC(=O)CC(C)(C)C/C=C/[P+](c1ccccc1)(c1ccccc1)c1ccccc1. The lowest BCUT2D eigenvalue weighted by Gasteiger charge is -2.25. The number of Topliss-reactive ketones (excluding diaryl/α,β-unsaturated/α-hetero) is 1. The minimum atomic E-state index is -1.94. The molecule has 0 spiro atoms. The summed E-state index contributed by atoms with van der Waals surface area (Å²) < 4.78 is 0. The maximum Gasteiger partial charge on any atom is 0.136 e. The van der Waals surface area contributed by atoms with Gasteiger partial charge in [-0.05, 0) is 61.2 Å². The number of hydrogen-bond donors (Lipinski definition) is 0. The third-order valence-electron chi connectivity index (χ3n) is 5.22. The molecule has 0 radical (unpaired) electrons. The number of rotatable bonds is 8. The maximum absolute atomic E-state index is 11.7. The second kappa shape index (κ2) is 9.33. The second-order valence-corrected chi connectivity index (χ2v) is 11.7. The number of benzene rings is 3. The van der Waals surface area contributed by atoms with Crippen LogP contribution < -0.4 is 15.9 Å². The van der Waals surface area contributed by atoms with Gasteiger partial charge in [-0.2, -0.15) is 0 Å². The third kappa shape index (κ3) is 5.11. The van der Waals surface area contributed by atoms with E-state index in [-0.39, 0.29) is 11.2 Å². The van der Waals surface area contributed by atoms with Gasteiger partial charge in [0.05, 0.1) is 5.82 Å². The van der Waals surface area contributed by atoms with E-state index in [0.717, 1.165) is 6.42 Å². The summed E-state index contributed by atoms with van der Waals surface area (Å²) in [5.41, 5.74) is -0.0396. The normalized spacial score (nSPS) is 12.2. The summed E-state index contributed by atoms with van der Waals surface area (Å²) in [4.78, 5) is 11.7. The Bertz CT molecular complexity index is 847. The van der Waals surface area contributed by atoms with E-state index < -0.39 is 7.26 Å². The summed E-state index contributed by atoms with van der Waals surface area (Å²) in [6.45, 7) is 6.03. The predicted octanol–water partition coefficient (Wildman–Crippen LogP) is 5.89. The standard InChI is InChI=1S/C27H30OP/c1-23(28)22-27(2,3)20-13-21-29(24-14-7-4-8-15-24,25-16-9-5-10-17-25)26-18-11-6-12-19-26/h4-19,21H,20,22H2,1-3H3/q+1/b21-13+. The van der Waals surface area contributed by atoms with Crippen molar-refractivity contribution in [3.05, 3.63) is 103 Å². The summed E-state index contributed by atoms with van der Waals surface area (Å²) in [5.74, 6) is 2.69. The van der Waals surface area contributed by atoms with Crippen LogP contribution in [0.5, 0.6) is 0 Å². The molecule has 3 aromatic rings. The Kier molecular flexibility index (Phi) is 6.83. The van der Waals surface area contributed by atoms with Crippen molar-refractivity contribution in [1.29, 1.82) is 0 Å². The lowest BCUT2D eigenvalue weighted by Crippen LogP contribution is -2.29. The van der Waals surface area contributed by atoms with Crippen LogP contribution in [0.4, 0.5) is 0 Å². The van der Waals surface area contributed by atoms with Crippen LogP contribution in [0.3, 0.4) is 0 Å². The maximum atomic E-state index is 11.7. The van der Waals surface area contributed by atoms with Gasteiger partial charge in [0.15, 0.2) is 0 Å². The van der Waals surface area contributed by atoms with Gasteiger partial charge >= 0.3 is 0 Å². The number of ketones is 1. The van der Waals surface area contributed by atoms with Gasteiger partial charge in [-0.3, -0.25) is 0 Å². The minimum absolute atomic E-state index is 0.0396. The van der Waals surface area contributed by atoms with E-state index in [2.05, 4.69) is 117 Å². The molecule has 2 heteroatoms. The van der Waals surface area contributed by atoms with Crippen molar-refractivity contribution in [2.45, 2.75) is 33.6 Å². The zero-order chi connectivity index (χ0) is 20.7. The zero-order valence-corrected chi connectivity index (χ0v) is 18.5. The first kappa shape index (κ1) is 21.2. The van der Waals surface area contributed by atoms with Crippen molar-refractivity contribution in [1.82, 2.24) is 0 Å². The minimum Gasteiger partial charge on any atom is -0.300 e. The van der Waals surface area contributed by atoms with E-state index >= 15 is 0 Å². The fourth-order valence-corrected chi connectivity index (χ4v) is 7.73. The van der Waals surface area contributed by atoms with Gasteiger partial charge in [0.1, 0.15) is 29.0 Å². The Balaban J connectivity index is 2.15. The fourth-order valence-electron chi connectivity index (χ4n) is 3.97. The zero-order valence-electron chi connectivity index (χ0n) is 17.6. The van der Waals surface area contributed by atoms with Gasteiger partial charge in [0.2, 0.25) is 0 Å². The molecule has 0 aromatic heterocycles. The van der Waals surface area contributed by atoms with E-state index in [9.17, 15) is 4.79 Å². The fraction of sp³-hybridized carbons (Fsp3) is 0.222. The van der Waals surface area contributed by atoms with Crippen LogP contribution in [0.15, 0.2) is 103 Å². The average molecular weight is 402 g/mol. The predicted molar refractivity (Wildman–Crippen MR) is 128 cm³/mol. The Morgan fingerprint density at radius 2 is 1.14 bits per heavy atom. The first-order chi connectivity index (χ1) is 13.9. The summed E-state index contributed by atoms with van der Waals surface area (Å²) in [6.07, 6.45) is 3.79. The van der Waals surface area contributed by atoms with Crippen LogP contribution in [0.2, 0.25) is 0 Å². The molecule has 0 aliphatic heterocycles. The van der Waals surface area contributed by atoms with E-state index in [1.165, 1.54) is 15.9 Å². The monoisotopic (exact) mass is 401 g/mol. The van der Waals surface area contributed by atoms with E-state index in [1.807, 2.05) is 0 Å². The molecule has 0 saturated carbocycles. The van der Waals surface area contributed by atoms with Crippen molar-refractivity contribution in [2.24, 2.45) is 5.41 Å². The van der Waals surface area contributed by atoms with Gasteiger partial charge in [-0.1, -0.05) is 68.4 Å². The molecular weight excluding hydrogens is 371 g/mol. The average Bonchev–Trinajstić information content (AvgIpc) is 2.72. The molecule has 3 rings (SSSR count). The molecule has 0 saturated heterocycles. The summed E-state index contributed by atoms with van der Waals surface area (Å²) >= 11 is 0. The van der Waals surface area contributed by atoms with Gasteiger partial charge in [0.25, 0.3) is 0 Å². The van der Waals surface area contributed by atoms with E-state index in [0.29, 0.717) is 6.42 Å².